The number of hydrogen-bond acceptors (Lipinski definition) is 2. The molecule has 0 bridgehead atoms. The van der Waals surface area contributed by atoms with E-state index < -0.39 is 11.7 Å². The van der Waals surface area contributed by atoms with Crippen LogP contribution in [0.25, 0.3) is 0 Å². The molecule has 0 saturated heterocycles. The molecule has 0 heterocycles. The number of hydrogen-bond donors (Lipinski definition) is 2. The largest absolute Gasteiger partial charge is 0.326 e. The van der Waals surface area contributed by atoms with Crippen molar-refractivity contribution in [2.75, 3.05) is 10.6 Å². The summed E-state index contributed by atoms with van der Waals surface area (Å²) in [6.07, 6.45) is 0. The molecule has 0 aliphatic carbocycles. The number of halogens is 2. The number of carbonyl (C=O) groups is 2. The highest BCUT2D eigenvalue weighted by atomic mass is 79.9. The standard InChI is InChI=1S/C15H12BrFN2O2/c1-9(20)18-11-3-5-12(6-4-11)19-15(21)10-2-7-13(16)14(17)8-10/h2-8H,1H3,(H,18,20)(H,19,21). The zero-order valence-corrected chi connectivity index (χ0v) is 12.7. The van der Waals surface area contributed by atoms with Gasteiger partial charge in [0.05, 0.1) is 4.47 Å². The van der Waals surface area contributed by atoms with Crippen LogP contribution < -0.4 is 10.6 Å². The van der Waals surface area contributed by atoms with Gasteiger partial charge in [-0.3, -0.25) is 9.59 Å². The zero-order valence-electron chi connectivity index (χ0n) is 11.1. The summed E-state index contributed by atoms with van der Waals surface area (Å²) in [5.41, 5.74) is 1.41. The van der Waals surface area contributed by atoms with E-state index in [9.17, 15) is 14.0 Å². The predicted molar refractivity (Wildman–Crippen MR) is 82.8 cm³/mol. The molecule has 108 valence electrons. The highest BCUT2D eigenvalue weighted by Crippen LogP contribution is 2.18. The lowest BCUT2D eigenvalue weighted by atomic mass is 10.2. The summed E-state index contributed by atoms with van der Waals surface area (Å²) < 4.78 is 13.7. The molecule has 2 aromatic carbocycles. The van der Waals surface area contributed by atoms with Gasteiger partial charge in [0.2, 0.25) is 5.91 Å². The summed E-state index contributed by atoms with van der Waals surface area (Å²) in [6.45, 7) is 1.41. The van der Waals surface area contributed by atoms with E-state index in [-0.39, 0.29) is 11.5 Å². The van der Waals surface area contributed by atoms with E-state index in [4.69, 9.17) is 0 Å². The lowest BCUT2D eigenvalue weighted by molar-refractivity contribution is -0.114. The Morgan fingerprint density at radius 1 is 1.00 bits per heavy atom. The van der Waals surface area contributed by atoms with Crippen molar-refractivity contribution in [2.24, 2.45) is 0 Å². The fourth-order valence-electron chi connectivity index (χ4n) is 1.68. The van der Waals surface area contributed by atoms with Gasteiger partial charge in [-0.25, -0.2) is 4.39 Å². The van der Waals surface area contributed by atoms with E-state index >= 15 is 0 Å². The van der Waals surface area contributed by atoms with Gasteiger partial charge in [-0.1, -0.05) is 0 Å². The van der Waals surface area contributed by atoms with Crippen molar-refractivity contribution in [3.05, 3.63) is 58.3 Å². The maximum Gasteiger partial charge on any atom is 0.255 e. The van der Waals surface area contributed by atoms with Crippen molar-refractivity contribution in [2.45, 2.75) is 6.92 Å². The molecular weight excluding hydrogens is 339 g/mol. The molecule has 2 amide bonds. The van der Waals surface area contributed by atoms with Gasteiger partial charge in [0.1, 0.15) is 5.82 Å². The summed E-state index contributed by atoms with van der Waals surface area (Å²) in [6, 6.07) is 10.8. The van der Waals surface area contributed by atoms with Crippen LogP contribution in [-0.2, 0) is 4.79 Å². The number of rotatable bonds is 3. The minimum absolute atomic E-state index is 0.169. The summed E-state index contributed by atoms with van der Waals surface area (Å²) in [4.78, 5) is 22.9. The summed E-state index contributed by atoms with van der Waals surface area (Å²) in [5.74, 6) is -1.07. The first-order valence-electron chi connectivity index (χ1n) is 6.10. The molecule has 0 aromatic heterocycles. The molecule has 0 saturated carbocycles. The molecule has 4 nitrogen and oxygen atoms in total. The van der Waals surface area contributed by atoms with Crippen LogP contribution in [0.15, 0.2) is 46.9 Å². The molecule has 0 atom stereocenters. The van der Waals surface area contributed by atoms with Gasteiger partial charge < -0.3 is 10.6 Å². The number of nitrogens with one attached hydrogen (secondary N) is 2. The van der Waals surface area contributed by atoms with Crippen molar-refractivity contribution < 1.29 is 14.0 Å². The molecule has 6 heteroatoms. The van der Waals surface area contributed by atoms with E-state index in [1.807, 2.05) is 0 Å². The molecule has 0 aliphatic rings. The fourth-order valence-corrected chi connectivity index (χ4v) is 1.93. The molecule has 0 radical (unpaired) electrons. The molecule has 21 heavy (non-hydrogen) atoms. The Labute approximate surface area is 129 Å². The minimum Gasteiger partial charge on any atom is -0.326 e. The average molecular weight is 351 g/mol. The highest BCUT2D eigenvalue weighted by molar-refractivity contribution is 9.10. The second kappa shape index (κ2) is 6.49. The van der Waals surface area contributed by atoms with Crippen LogP contribution in [-0.4, -0.2) is 11.8 Å². The van der Waals surface area contributed by atoms with E-state index in [2.05, 4.69) is 26.6 Å². The first-order chi connectivity index (χ1) is 9.95. The molecule has 0 fully saturated rings. The second-order valence-corrected chi connectivity index (χ2v) is 5.20. The first kappa shape index (κ1) is 15.2. The van der Waals surface area contributed by atoms with Crippen molar-refractivity contribution >= 4 is 39.1 Å². The molecule has 2 aromatic rings. The van der Waals surface area contributed by atoms with E-state index in [1.165, 1.54) is 19.1 Å². The van der Waals surface area contributed by atoms with Crippen LogP contribution in [0.3, 0.4) is 0 Å². The van der Waals surface area contributed by atoms with Crippen molar-refractivity contribution in [1.82, 2.24) is 0 Å². The Bertz CT molecular complexity index is 687. The van der Waals surface area contributed by atoms with Crippen LogP contribution in [0.5, 0.6) is 0 Å². The van der Waals surface area contributed by atoms with Gasteiger partial charge in [0.25, 0.3) is 5.91 Å². The Balaban J connectivity index is 2.08. The highest BCUT2D eigenvalue weighted by Gasteiger charge is 2.09. The summed E-state index contributed by atoms with van der Waals surface area (Å²) in [5, 5.41) is 5.28. The third kappa shape index (κ3) is 4.13. The topological polar surface area (TPSA) is 58.2 Å². The SMILES string of the molecule is CC(=O)Nc1ccc(NC(=O)c2ccc(Br)c(F)c2)cc1. The van der Waals surface area contributed by atoms with Crippen LogP contribution in [0.4, 0.5) is 15.8 Å². The fraction of sp³-hybridized carbons (Fsp3) is 0.0667. The smallest absolute Gasteiger partial charge is 0.255 e. The third-order valence-corrected chi connectivity index (χ3v) is 3.29. The molecule has 0 aliphatic heterocycles. The van der Waals surface area contributed by atoms with Gasteiger partial charge in [0.15, 0.2) is 0 Å². The summed E-state index contributed by atoms with van der Waals surface area (Å²) in [7, 11) is 0. The van der Waals surface area contributed by atoms with Crippen LogP contribution in [0.1, 0.15) is 17.3 Å². The van der Waals surface area contributed by atoms with Crippen LogP contribution in [0.2, 0.25) is 0 Å². The van der Waals surface area contributed by atoms with Crippen LogP contribution >= 0.6 is 15.9 Å². The van der Waals surface area contributed by atoms with Gasteiger partial charge >= 0.3 is 0 Å². The molecule has 0 unspecified atom stereocenters. The third-order valence-electron chi connectivity index (χ3n) is 2.64. The average Bonchev–Trinajstić information content (AvgIpc) is 2.43. The van der Waals surface area contributed by atoms with Crippen molar-refractivity contribution in [1.29, 1.82) is 0 Å². The van der Waals surface area contributed by atoms with Gasteiger partial charge in [-0.2, -0.15) is 0 Å². The maximum absolute atomic E-state index is 13.4. The maximum atomic E-state index is 13.4. The lowest BCUT2D eigenvalue weighted by Crippen LogP contribution is -2.12. The van der Waals surface area contributed by atoms with E-state index in [1.54, 1.807) is 24.3 Å². The Kier molecular flexibility index (Phi) is 4.70. The Morgan fingerprint density at radius 2 is 1.57 bits per heavy atom. The van der Waals surface area contributed by atoms with E-state index in [0.29, 0.717) is 15.8 Å². The summed E-state index contributed by atoms with van der Waals surface area (Å²) >= 11 is 3.03. The molecular formula is C15H12BrFN2O2. The molecule has 2 rings (SSSR count). The van der Waals surface area contributed by atoms with Gasteiger partial charge in [0, 0.05) is 23.9 Å². The molecule has 0 spiro atoms. The normalized spacial score (nSPS) is 10.0. The minimum atomic E-state index is -0.497. The van der Waals surface area contributed by atoms with E-state index in [0.717, 1.165) is 6.07 Å². The zero-order chi connectivity index (χ0) is 15.4. The van der Waals surface area contributed by atoms with Gasteiger partial charge in [-0.15, -0.1) is 0 Å². The number of benzene rings is 2. The monoisotopic (exact) mass is 350 g/mol. The number of anilines is 2. The first-order valence-corrected chi connectivity index (χ1v) is 6.89. The van der Waals surface area contributed by atoms with Crippen molar-refractivity contribution in [3.63, 3.8) is 0 Å². The predicted octanol–water partition coefficient (Wildman–Crippen LogP) is 3.80. The molecule has 2 N–H and O–H groups in total. The Hall–Kier alpha value is -2.21. The van der Waals surface area contributed by atoms with Gasteiger partial charge in [-0.05, 0) is 58.4 Å². The quantitative estimate of drug-likeness (QED) is 0.884. The number of amides is 2. The van der Waals surface area contributed by atoms with Crippen molar-refractivity contribution in [3.8, 4) is 0 Å². The van der Waals surface area contributed by atoms with Crippen LogP contribution in [0, 0.1) is 5.82 Å². The Morgan fingerprint density at radius 3 is 2.10 bits per heavy atom. The lowest BCUT2D eigenvalue weighted by Gasteiger charge is -2.07. The number of carbonyl (C=O) groups excluding carboxylic acids is 2. The second-order valence-electron chi connectivity index (χ2n) is 4.34.